The molecule has 3 heteroatoms. The Morgan fingerprint density at radius 3 is 2.04 bits per heavy atom. The molecule has 0 aliphatic heterocycles. The number of carbonyl (C=O) groups excluding carboxylic acids is 1. The van der Waals surface area contributed by atoms with Gasteiger partial charge >= 0.3 is 0 Å². The molecule has 3 aromatic rings. The van der Waals surface area contributed by atoms with Crippen molar-refractivity contribution in [3.05, 3.63) is 89.5 Å². The molecule has 0 spiro atoms. The van der Waals surface area contributed by atoms with Gasteiger partial charge in [-0.25, -0.2) is 0 Å². The molecule has 114 valence electrons. The van der Waals surface area contributed by atoms with Gasteiger partial charge in [-0.15, -0.1) is 0 Å². The average Bonchev–Trinajstić information content (AvgIpc) is 2.56. The number of benzene rings is 3. The van der Waals surface area contributed by atoms with Crippen molar-refractivity contribution in [2.75, 3.05) is 0 Å². The minimum atomic E-state index is -0.0195. The van der Waals surface area contributed by atoms with Gasteiger partial charge in [0.15, 0.2) is 5.78 Å². The molecule has 0 bridgehead atoms. The molecule has 0 saturated carbocycles. The lowest BCUT2D eigenvalue weighted by Crippen LogP contribution is -2.00. The summed E-state index contributed by atoms with van der Waals surface area (Å²) in [5.74, 6) is 1.28. The van der Waals surface area contributed by atoms with Gasteiger partial charge in [-0.3, -0.25) is 4.79 Å². The van der Waals surface area contributed by atoms with Crippen LogP contribution >= 0.6 is 0 Å². The SMILES string of the molecule is Cc1ccc(C(=O)c2ccc(Oc3cccc(O)c3)cc2)cc1. The van der Waals surface area contributed by atoms with E-state index >= 15 is 0 Å². The summed E-state index contributed by atoms with van der Waals surface area (Å²) in [6.07, 6.45) is 0. The van der Waals surface area contributed by atoms with Crippen molar-refractivity contribution in [3.63, 3.8) is 0 Å². The van der Waals surface area contributed by atoms with Crippen molar-refractivity contribution in [1.29, 1.82) is 0 Å². The standard InChI is InChI=1S/C20H16O3/c1-14-5-7-15(8-6-14)20(22)16-9-11-18(12-10-16)23-19-4-2-3-17(21)13-19/h2-13,21H,1H3. The van der Waals surface area contributed by atoms with E-state index in [4.69, 9.17) is 4.74 Å². The molecule has 0 aliphatic rings. The first-order valence-corrected chi connectivity index (χ1v) is 7.30. The third-order valence-corrected chi connectivity index (χ3v) is 3.48. The molecular formula is C20H16O3. The fourth-order valence-corrected chi connectivity index (χ4v) is 2.23. The number of phenols is 1. The smallest absolute Gasteiger partial charge is 0.193 e. The molecule has 0 unspecified atom stereocenters. The highest BCUT2D eigenvalue weighted by Crippen LogP contribution is 2.25. The maximum absolute atomic E-state index is 12.4. The number of rotatable bonds is 4. The summed E-state index contributed by atoms with van der Waals surface area (Å²) in [7, 11) is 0. The van der Waals surface area contributed by atoms with Crippen molar-refractivity contribution in [2.24, 2.45) is 0 Å². The molecule has 0 atom stereocenters. The number of carbonyl (C=O) groups is 1. The number of hydrogen-bond acceptors (Lipinski definition) is 3. The van der Waals surface area contributed by atoms with E-state index in [1.165, 1.54) is 6.07 Å². The van der Waals surface area contributed by atoms with Gasteiger partial charge in [0, 0.05) is 17.2 Å². The summed E-state index contributed by atoms with van der Waals surface area (Å²) >= 11 is 0. The van der Waals surface area contributed by atoms with E-state index in [0.29, 0.717) is 22.6 Å². The monoisotopic (exact) mass is 304 g/mol. The van der Waals surface area contributed by atoms with E-state index in [2.05, 4.69) is 0 Å². The Morgan fingerprint density at radius 1 is 0.826 bits per heavy atom. The lowest BCUT2D eigenvalue weighted by atomic mass is 10.0. The molecule has 0 fully saturated rings. The molecule has 0 radical (unpaired) electrons. The Hall–Kier alpha value is -3.07. The number of ether oxygens (including phenoxy) is 1. The van der Waals surface area contributed by atoms with E-state index in [1.807, 2.05) is 31.2 Å². The lowest BCUT2D eigenvalue weighted by molar-refractivity contribution is 0.103. The van der Waals surface area contributed by atoms with E-state index < -0.39 is 0 Å². The average molecular weight is 304 g/mol. The van der Waals surface area contributed by atoms with E-state index in [0.717, 1.165) is 5.56 Å². The molecular weight excluding hydrogens is 288 g/mol. The third-order valence-electron chi connectivity index (χ3n) is 3.48. The largest absolute Gasteiger partial charge is 0.508 e. The summed E-state index contributed by atoms with van der Waals surface area (Å²) in [5.41, 5.74) is 2.39. The number of aryl methyl sites for hydroxylation is 1. The Balaban J connectivity index is 1.76. The Kier molecular flexibility index (Phi) is 4.11. The summed E-state index contributed by atoms with van der Waals surface area (Å²) in [4.78, 5) is 12.4. The van der Waals surface area contributed by atoms with E-state index in [-0.39, 0.29) is 11.5 Å². The first-order chi connectivity index (χ1) is 11.1. The van der Waals surface area contributed by atoms with E-state index in [9.17, 15) is 9.90 Å². The number of phenolic OH excluding ortho intramolecular Hbond substituents is 1. The van der Waals surface area contributed by atoms with Crippen molar-refractivity contribution in [2.45, 2.75) is 6.92 Å². The van der Waals surface area contributed by atoms with Crippen LogP contribution in [-0.2, 0) is 0 Å². The number of ketones is 1. The minimum absolute atomic E-state index is 0.0195. The maximum Gasteiger partial charge on any atom is 0.193 e. The van der Waals surface area contributed by atoms with Crippen molar-refractivity contribution in [1.82, 2.24) is 0 Å². The Bertz CT molecular complexity index is 818. The predicted molar refractivity (Wildman–Crippen MR) is 89.2 cm³/mol. The topological polar surface area (TPSA) is 46.5 Å². The van der Waals surface area contributed by atoms with Crippen LogP contribution in [-0.4, -0.2) is 10.9 Å². The second-order valence-electron chi connectivity index (χ2n) is 5.32. The predicted octanol–water partition coefficient (Wildman–Crippen LogP) is 4.72. The van der Waals surface area contributed by atoms with Crippen LogP contribution in [0.25, 0.3) is 0 Å². The first-order valence-electron chi connectivity index (χ1n) is 7.30. The molecule has 0 saturated heterocycles. The van der Waals surface area contributed by atoms with Gasteiger partial charge in [0.1, 0.15) is 17.2 Å². The summed E-state index contributed by atoms with van der Waals surface area (Å²) < 4.78 is 5.64. The maximum atomic E-state index is 12.4. The zero-order valence-electron chi connectivity index (χ0n) is 12.7. The van der Waals surface area contributed by atoms with Crippen LogP contribution in [0.4, 0.5) is 0 Å². The van der Waals surface area contributed by atoms with Crippen molar-refractivity contribution in [3.8, 4) is 17.2 Å². The van der Waals surface area contributed by atoms with Crippen LogP contribution < -0.4 is 4.74 Å². The number of aromatic hydroxyl groups is 1. The summed E-state index contributed by atoms with van der Waals surface area (Å²) in [5, 5.41) is 9.43. The molecule has 1 N–H and O–H groups in total. The van der Waals surface area contributed by atoms with Gasteiger partial charge < -0.3 is 9.84 Å². The highest BCUT2D eigenvalue weighted by atomic mass is 16.5. The second-order valence-corrected chi connectivity index (χ2v) is 5.32. The summed E-state index contributed by atoms with van der Waals surface area (Å²) in [6.45, 7) is 1.99. The normalized spacial score (nSPS) is 10.3. The van der Waals surface area contributed by atoms with Gasteiger partial charge in [0.25, 0.3) is 0 Å². The van der Waals surface area contributed by atoms with Gasteiger partial charge in [-0.05, 0) is 43.3 Å². The van der Waals surface area contributed by atoms with Gasteiger partial charge in [-0.1, -0.05) is 35.9 Å². The molecule has 0 aliphatic carbocycles. The molecule has 23 heavy (non-hydrogen) atoms. The second kappa shape index (κ2) is 6.36. The van der Waals surface area contributed by atoms with Gasteiger partial charge in [-0.2, -0.15) is 0 Å². The quantitative estimate of drug-likeness (QED) is 0.709. The summed E-state index contributed by atoms with van der Waals surface area (Å²) in [6, 6.07) is 21.0. The van der Waals surface area contributed by atoms with E-state index in [1.54, 1.807) is 42.5 Å². The van der Waals surface area contributed by atoms with Gasteiger partial charge in [0.05, 0.1) is 0 Å². The Morgan fingerprint density at radius 2 is 1.43 bits per heavy atom. The number of hydrogen-bond donors (Lipinski definition) is 1. The third kappa shape index (κ3) is 3.58. The molecule has 3 nitrogen and oxygen atoms in total. The van der Waals surface area contributed by atoms with Crippen LogP contribution in [0.2, 0.25) is 0 Å². The van der Waals surface area contributed by atoms with Crippen LogP contribution in [0, 0.1) is 6.92 Å². The van der Waals surface area contributed by atoms with Crippen molar-refractivity contribution >= 4 is 5.78 Å². The fourth-order valence-electron chi connectivity index (χ4n) is 2.23. The molecule has 3 rings (SSSR count). The lowest BCUT2D eigenvalue weighted by Gasteiger charge is -2.07. The first kappa shape index (κ1) is 14.9. The van der Waals surface area contributed by atoms with Crippen LogP contribution in [0.5, 0.6) is 17.2 Å². The minimum Gasteiger partial charge on any atom is -0.508 e. The molecule has 0 aromatic heterocycles. The van der Waals surface area contributed by atoms with Crippen molar-refractivity contribution < 1.29 is 14.6 Å². The molecule has 3 aromatic carbocycles. The molecule has 0 heterocycles. The highest BCUT2D eigenvalue weighted by molar-refractivity contribution is 6.09. The van der Waals surface area contributed by atoms with Crippen LogP contribution in [0.1, 0.15) is 21.5 Å². The zero-order chi connectivity index (χ0) is 16.2. The van der Waals surface area contributed by atoms with Gasteiger partial charge in [0.2, 0.25) is 0 Å². The molecule has 0 amide bonds. The van der Waals surface area contributed by atoms with Crippen LogP contribution in [0.3, 0.4) is 0 Å². The van der Waals surface area contributed by atoms with Crippen LogP contribution in [0.15, 0.2) is 72.8 Å². The highest BCUT2D eigenvalue weighted by Gasteiger charge is 2.09. The Labute approximate surface area is 134 Å². The zero-order valence-corrected chi connectivity index (χ0v) is 12.7. The fraction of sp³-hybridized carbons (Fsp3) is 0.0500.